The van der Waals surface area contributed by atoms with Gasteiger partial charge in [-0.2, -0.15) is 18.4 Å². The highest BCUT2D eigenvalue weighted by atomic mass is 19.4. The third kappa shape index (κ3) is 2.89. The Morgan fingerprint density at radius 1 is 1.14 bits per heavy atom. The van der Waals surface area contributed by atoms with E-state index in [1.54, 1.807) is 33.8 Å². The van der Waals surface area contributed by atoms with Gasteiger partial charge in [0, 0.05) is 0 Å². The van der Waals surface area contributed by atoms with Crippen LogP contribution in [-0.2, 0) is 15.5 Å². The van der Waals surface area contributed by atoms with Crippen LogP contribution in [-0.4, -0.2) is 23.3 Å². The van der Waals surface area contributed by atoms with Crippen LogP contribution in [0.25, 0.3) is 0 Å². The molecule has 1 aliphatic rings. The van der Waals surface area contributed by atoms with E-state index in [0.717, 1.165) is 0 Å². The van der Waals surface area contributed by atoms with Crippen LogP contribution in [0.5, 0.6) is 0 Å². The number of rotatable bonds is 1. The summed E-state index contributed by atoms with van der Waals surface area (Å²) in [4.78, 5) is 3.54. The Bertz CT molecular complexity index is 592. The number of nitriles is 1. The van der Waals surface area contributed by atoms with Crippen LogP contribution in [0.3, 0.4) is 0 Å². The van der Waals surface area contributed by atoms with Gasteiger partial charge < -0.3 is 9.31 Å². The van der Waals surface area contributed by atoms with E-state index in [0.29, 0.717) is 6.07 Å². The summed E-state index contributed by atoms with van der Waals surface area (Å²) in [5.41, 5.74) is -2.71. The van der Waals surface area contributed by atoms with Crippen molar-refractivity contribution in [2.45, 2.75) is 45.1 Å². The second-order valence-corrected chi connectivity index (χ2v) is 5.86. The summed E-state index contributed by atoms with van der Waals surface area (Å²) in [5, 5.41) is 8.87. The van der Waals surface area contributed by atoms with Crippen LogP contribution in [0.1, 0.15) is 39.0 Å². The molecule has 0 saturated carbocycles. The zero-order valence-corrected chi connectivity index (χ0v) is 12.1. The molecule has 0 N–H and O–H groups in total. The van der Waals surface area contributed by atoms with Crippen LogP contribution in [0.2, 0.25) is 0 Å². The number of hydrogen-bond acceptors (Lipinski definition) is 4. The first-order valence-electron chi connectivity index (χ1n) is 6.31. The first kappa shape index (κ1) is 15.8. The van der Waals surface area contributed by atoms with E-state index in [-0.39, 0.29) is 11.2 Å². The molecule has 0 unspecified atom stereocenters. The summed E-state index contributed by atoms with van der Waals surface area (Å²) in [6.07, 6.45) is -4.63. The minimum Gasteiger partial charge on any atom is -0.398 e. The van der Waals surface area contributed by atoms with Crippen LogP contribution < -0.4 is 5.59 Å². The molecule has 1 aromatic rings. The molecule has 1 fully saturated rings. The molecule has 2 rings (SSSR count). The Balaban J connectivity index is 2.45. The quantitative estimate of drug-likeness (QED) is 0.746. The van der Waals surface area contributed by atoms with Gasteiger partial charge in [0.25, 0.3) is 0 Å². The molecule has 0 aliphatic carbocycles. The first-order valence-corrected chi connectivity index (χ1v) is 6.31. The second-order valence-electron chi connectivity index (χ2n) is 5.86. The number of pyridine rings is 1. The molecule has 1 aromatic heterocycles. The number of halogens is 3. The van der Waals surface area contributed by atoms with E-state index in [1.165, 1.54) is 6.07 Å². The molecule has 1 saturated heterocycles. The van der Waals surface area contributed by atoms with Gasteiger partial charge in [0.05, 0.1) is 28.4 Å². The standard InChI is InChI=1S/C13H14BF3N2O2/c1-11(2)12(3,4)21-14(20-11)10-6-8(7-18)5-9(19-10)13(15,16)17/h5-6H,1-4H3. The van der Waals surface area contributed by atoms with Gasteiger partial charge in [0.1, 0.15) is 5.69 Å². The lowest BCUT2D eigenvalue weighted by atomic mass is 9.83. The lowest BCUT2D eigenvalue weighted by Crippen LogP contribution is -2.41. The fourth-order valence-electron chi connectivity index (χ4n) is 1.85. The average Bonchev–Trinajstić information content (AvgIpc) is 2.57. The zero-order chi connectivity index (χ0) is 16.1. The maximum Gasteiger partial charge on any atom is 0.514 e. The third-order valence-corrected chi connectivity index (χ3v) is 3.76. The molecule has 0 bridgehead atoms. The largest absolute Gasteiger partial charge is 0.514 e. The fourth-order valence-corrected chi connectivity index (χ4v) is 1.85. The van der Waals surface area contributed by atoms with Crippen molar-refractivity contribution in [3.63, 3.8) is 0 Å². The monoisotopic (exact) mass is 298 g/mol. The van der Waals surface area contributed by atoms with Gasteiger partial charge in [0.15, 0.2) is 0 Å². The molecular weight excluding hydrogens is 284 g/mol. The maximum absolute atomic E-state index is 12.8. The maximum atomic E-state index is 12.8. The normalized spacial score (nSPS) is 20.4. The highest BCUT2D eigenvalue weighted by Gasteiger charge is 2.52. The van der Waals surface area contributed by atoms with Crippen molar-refractivity contribution in [2.75, 3.05) is 0 Å². The SMILES string of the molecule is CC1(C)OB(c2cc(C#N)cc(C(F)(F)F)n2)OC1(C)C. The van der Waals surface area contributed by atoms with E-state index in [2.05, 4.69) is 4.98 Å². The summed E-state index contributed by atoms with van der Waals surface area (Å²) in [5.74, 6) is 0. The number of hydrogen-bond donors (Lipinski definition) is 0. The van der Waals surface area contributed by atoms with Crippen LogP contribution in [0.15, 0.2) is 12.1 Å². The Morgan fingerprint density at radius 3 is 2.10 bits per heavy atom. The van der Waals surface area contributed by atoms with Gasteiger partial charge >= 0.3 is 13.3 Å². The number of alkyl halides is 3. The molecule has 1 aliphatic heterocycles. The molecule has 8 heteroatoms. The van der Waals surface area contributed by atoms with Gasteiger partial charge in [-0.25, -0.2) is 0 Å². The Kier molecular flexibility index (Phi) is 3.55. The molecule has 0 aromatic carbocycles. The second kappa shape index (κ2) is 4.72. The highest BCUT2D eigenvalue weighted by molar-refractivity contribution is 6.61. The minimum atomic E-state index is -4.63. The molecule has 0 atom stereocenters. The van der Waals surface area contributed by atoms with Gasteiger partial charge in [-0.05, 0) is 39.8 Å². The van der Waals surface area contributed by atoms with Gasteiger partial charge in [0.2, 0.25) is 0 Å². The summed E-state index contributed by atoms with van der Waals surface area (Å²) in [7, 11) is -1.04. The molecule has 112 valence electrons. The van der Waals surface area contributed by atoms with Crippen molar-refractivity contribution in [3.05, 3.63) is 23.4 Å². The fraction of sp³-hybridized carbons (Fsp3) is 0.538. The van der Waals surface area contributed by atoms with Gasteiger partial charge in [-0.1, -0.05) is 0 Å². The smallest absolute Gasteiger partial charge is 0.398 e. The molecule has 0 radical (unpaired) electrons. The number of aromatic nitrogens is 1. The minimum absolute atomic E-state index is 0.0555. The molecule has 4 nitrogen and oxygen atoms in total. The zero-order valence-electron chi connectivity index (χ0n) is 12.1. The van der Waals surface area contributed by atoms with Crippen LogP contribution in [0.4, 0.5) is 13.2 Å². The Hall–Kier alpha value is -1.59. The summed E-state index contributed by atoms with van der Waals surface area (Å²) in [6, 6.07) is 3.64. The summed E-state index contributed by atoms with van der Waals surface area (Å²) >= 11 is 0. The van der Waals surface area contributed by atoms with Crippen molar-refractivity contribution in [1.29, 1.82) is 5.26 Å². The Labute approximate surface area is 121 Å². The van der Waals surface area contributed by atoms with Crippen molar-refractivity contribution in [3.8, 4) is 6.07 Å². The van der Waals surface area contributed by atoms with Crippen LogP contribution >= 0.6 is 0 Å². The predicted molar refractivity (Wildman–Crippen MR) is 69.7 cm³/mol. The van der Waals surface area contributed by atoms with Crippen molar-refractivity contribution in [1.82, 2.24) is 4.98 Å². The summed E-state index contributed by atoms with van der Waals surface area (Å²) < 4.78 is 49.8. The lowest BCUT2D eigenvalue weighted by molar-refractivity contribution is -0.141. The topological polar surface area (TPSA) is 55.1 Å². The lowest BCUT2D eigenvalue weighted by Gasteiger charge is -2.32. The molecular formula is C13H14BF3N2O2. The van der Waals surface area contributed by atoms with Crippen LogP contribution in [0, 0.1) is 11.3 Å². The average molecular weight is 298 g/mol. The number of nitrogens with zero attached hydrogens (tertiary/aromatic N) is 2. The molecule has 0 amide bonds. The van der Waals surface area contributed by atoms with E-state index in [4.69, 9.17) is 14.6 Å². The van der Waals surface area contributed by atoms with E-state index >= 15 is 0 Å². The van der Waals surface area contributed by atoms with E-state index in [1.807, 2.05) is 0 Å². The first-order chi connectivity index (χ1) is 9.46. The highest BCUT2D eigenvalue weighted by Crippen LogP contribution is 2.36. The van der Waals surface area contributed by atoms with E-state index in [9.17, 15) is 13.2 Å². The Morgan fingerprint density at radius 2 is 1.67 bits per heavy atom. The van der Waals surface area contributed by atoms with E-state index < -0.39 is 30.2 Å². The van der Waals surface area contributed by atoms with Gasteiger partial charge in [-0.3, -0.25) is 4.98 Å². The predicted octanol–water partition coefficient (Wildman–Crippen LogP) is 2.27. The van der Waals surface area contributed by atoms with Crippen molar-refractivity contribution < 1.29 is 22.5 Å². The summed E-state index contributed by atoms with van der Waals surface area (Å²) in [6.45, 7) is 7.13. The van der Waals surface area contributed by atoms with Crippen molar-refractivity contribution >= 4 is 12.7 Å². The molecule has 21 heavy (non-hydrogen) atoms. The third-order valence-electron chi connectivity index (χ3n) is 3.76. The van der Waals surface area contributed by atoms with Gasteiger partial charge in [-0.15, -0.1) is 0 Å². The molecule has 2 heterocycles. The van der Waals surface area contributed by atoms with Crippen molar-refractivity contribution in [2.24, 2.45) is 0 Å². The molecule has 0 spiro atoms.